The van der Waals surface area contributed by atoms with E-state index < -0.39 is 16.9 Å². The summed E-state index contributed by atoms with van der Waals surface area (Å²) in [6.07, 6.45) is 0.464. The van der Waals surface area contributed by atoms with Crippen LogP contribution in [-0.2, 0) is 6.61 Å². The van der Waals surface area contributed by atoms with Crippen LogP contribution in [0.3, 0.4) is 0 Å². The largest absolute Gasteiger partial charge is 0.493 e. The molecule has 1 heterocycles. The van der Waals surface area contributed by atoms with E-state index in [0.717, 1.165) is 5.56 Å². The molecule has 2 aromatic rings. The van der Waals surface area contributed by atoms with Gasteiger partial charge in [0.05, 0.1) is 24.2 Å². The number of aliphatic hydroxyl groups excluding tert-OH is 1. The molecule has 0 aliphatic carbocycles. The van der Waals surface area contributed by atoms with Crippen LogP contribution < -0.4 is 9.47 Å². The predicted molar refractivity (Wildman–Crippen MR) is 102 cm³/mol. The Hall–Kier alpha value is -3.13. The van der Waals surface area contributed by atoms with E-state index in [1.54, 1.807) is 0 Å². The fourth-order valence-corrected chi connectivity index (χ4v) is 3.12. The van der Waals surface area contributed by atoms with Crippen LogP contribution in [0, 0.1) is 10.1 Å². The van der Waals surface area contributed by atoms with Crippen molar-refractivity contribution in [1.82, 2.24) is 4.90 Å². The molecule has 1 saturated heterocycles. The molecular weight excluding hydrogens is 364 g/mol. The molecule has 3 rings (SSSR count). The molecule has 1 fully saturated rings. The van der Waals surface area contributed by atoms with Crippen molar-refractivity contribution in [2.75, 3.05) is 20.2 Å². The number of rotatable bonds is 6. The van der Waals surface area contributed by atoms with Crippen molar-refractivity contribution in [2.45, 2.75) is 25.6 Å². The molecule has 0 radical (unpaired) electrons. The van der Waals surface area contributed by atoms with Crippen LogP contribution in [0.1, 0.15) is 28.8 Å². The second-order valence-electron chi connectivity index (χ2n) is 6.57. The van der Waals surface area contributed by atoms with Crippen molar-refractivity contribution in [3.63, 3.8) is 0 Å². The van der Waals surface area contributed by atoms with Crippen LogP contribution in [0.25, 0.3) is 0 Å². The number of benzene rings is 2. The van der Waals surface area contributed by atoms with Gasteiger partial charge in [0.1, 0.15) is 12.2 Å². The number of piperidine rings is 1. The average molecular weight is 386 g/mol. The maximum Gasteiger partial charge on any atom is 0.286 e. The van der Waals surface area contributed by atoms with E-state index in [4.69, 9.17) is 9.47 Å². The van der Waals surface area contributed by atoms with Crippen molar-refractivity contribution < 1.29 is 24.3 Å². The van der Waals surface area contributed by atoms with Crippen molar-refractivity contribution >= 4 is 11.6 Å². The molecule has 1 aliphatic rings. The van der Waals surface area contributed by atoms with Gasteiger partial charge in [0.25, 0.3) is 11.6 Å². The van der Waals surface area contributed by atoms with E-state index in [2.05, 4.69) is 0 Å². The molecule has 148 valence electrons. The summed E-state index contributed by atoms with van der Waals surface area (Å²) in [5.41, 5.74) is 0.518. The molecule has 0 bridgehead atoms. The third kappa shape index (κ3) is 4.40. The lowest BCUT2D eigenvalue weighted by molar-refractivity contribution is -0.385. The van der Waals surface area contributed by atoms with Crippen molar-refractivity contribution in [3.05, 3.63) is 63.7 Å². The fourth-order valence-electron chi connectivity index (χ4n) is 3.12. The molecule has 0 unspecified atom stereocenters. The molecule has 2 aromatic carbocycles. The highest BCUT2D eigenvalue weighted by atomic mass is 16.6. The molecule has 8 nitrogen and oxygen atoms in total. The Morgan fingerprint density at radius 2 is 1.89 bits per heavy atom. The van der Waals surface area contributed by atoms with Gasteiger partial charge >= 0.3 is 0 Å². The Morgan fingerprint density at radius 1 is 1.21 bits per heavy atom. The summed E-state index contributed by atoms with van der Waals surface area (Å²) in [7, 11) is 1.42. The minimum Gasteiger partial charge on any atom is -0.493 e. The van der Waals surface area contributed by atoms with E-state index in [9.17, 15) is 20.0 Å². The van der Waals surface area contributed by atoms with Crippen LogP contribution >= 0.6 is 0 Å². The highest BCUT2D eigenvalue weighted by Gasteiger charge is 2.30. The first kappa shape index (κ1) is 19.6. The zero-order valence-corrected chi connectivity index (χ0v) is 15.5. The Bertz CT molecular complexity index is 847. The van der Waals surface area contributed by atoms with Crippen LogP contribution in [0.2, 0.25) is 0 Å². The lowest BCUT2D eigenvalue weighted by atomic mass is 10.1. The topological polar surface area (TPSA) is 102 Å². The molecule has 0 aromatic heterocycles. The Labute approximate surface area is 162 Å². The minimum atomic E-state index is -0.596. The van der Waals surface area contributed by atoms with E-state index in [1.165, 1.54) is 24.1 Å². The quantitative estimate of drug-likeness (QED) is 0.605. The number of nitrogens with zero attached hydrogens (tertiary/aromatic N) is 2. The van der Waals surface area contributed by atoms with Gasteiger partial charge in [-0.2, -0.15) is 0 Å². The first-order chi connectivity index (χ1) is 13.5. The summed E-state index contributed by atoms with van der Waals surface area (Å²) in [6, 6.07) is 12.0. The van der Waals surface area contributed by atoms with E-state index >= 15 is 0 Å². The van der Waals surface area contributed by atoms with E-state index in [1.807, 2.05) is 30.3 Å². The van der Waals surface area contributed by atoms with Gasteiger partial charge in [-0.3, -0.25) is 14.9 Å². The minimum absolute atomic E-state index is 0.0506. The number of carbonyl (C=O) groups is 1. The molecule has 1 aliphatic heterocycles. The van der Waals surface area contributed by atoms with Gasteiger partial charge in [-0.25, -0.2) is 0 Å². The molecule has 1 amide bonds. The first-order valence-electron chi connectivity index (χ1n) is 9.00. The number of hydrogen-bond acceptors (Lipinski definition) is 6. The second kappa shape index (κ2) is 8.71. The lowest BCUT2D eigenvalue weighted by Gasteiger charge is -2.29. The summed E-state index contributed by atoms with van der Waals surface area (Å²) < 4.78 is 11.0. The average Bonchev–Trinajstić information content (AvgIpc) is 2.72. The Balaban J connectivity index is 1.88. The van der Waals surface area contributed by atoms with Crippen LogP contribution in [-0.4, -0.2) is 47.1 Å². The number of nitro benzene ring substituents is 1. The highest BCUT2D eigenvalue weighted by molar-refractivity contribution is 5.99. The number of amides is 1. The molecule has 0 spiro atoms. The lowest BCUT2D eigenvalue weighted by Crippen LogP contribution is -2.40. The SMILES string of the molecule is COc1cc(C(=O)N2CCC(O)CC2)c([N+](=O)[O-])cc1OCc1ccccc1. The predicted octanol–water partition coefficient (Wildman–Crippen LogP) is 2.78. The number of methoxy groups -OCH3 is 1. The van der Waals surface area contributed by atoms with Crippen LogP contribution in [0.15, 0.2) is 42.5 Å². The monoisotopic (exact) mass is 386 g/mol. The van der Waals surface area contributed by atoms with Gasteiger partial charge in [-0.15, -0.1) is 0 Å². The standard InChI is InChI=1S/C20H22N2O6/c1-27-18-11-16(20(24)21-9-7-15(23)8-10-21)17(22(25)26)12-19(18)28-13-14-5-3-2-4-6-14/h2-6,11-12,15,23H,7-10,13H2,1H3. The zero-order valence-electron chi connectivity index (χ0n) is 15.5. The number of ether oxygens (including phenoxy) is 2. The summed E-state index contributed by atoms with van der Waals surface area (Å²) >= 11 is 0. The van der Waals surface area contributed by atoms with Gasteiger partial charge in [0, 0.05) is 19.2 Å². The second-order valence-corrected chi connectivity index (χ2v) is 6.57. The van der Waals surface area contributed by atoms with E-state index in [0.29, 0.717) is 25.9 Å². The number of aliphatic hydroxyl groups is 1. The van der Waals surface area contributed by atoms with E-state index in [-0.39, 0.29) is 29.4 Å². The molecule has 1 N–H and O–H groups in total. The van der Waals surface area contributed by atoms with Crippen LogP contribution in [0.5, 0.6) is 11.5 Å². The smallest absolute Gasteiger partial charge is 0.286 e. The van der Waals surface area contributed by atoms with Gasteiger partial charge in [-0.05, 0) is 18.4 Å². The molecule has 8 heteroatoms. The summed E-state index contributed by atoms with van der Waals surface area (Å²) in [4.78, 5) is 25.3. The van der Waals surface area contributed by atoms with Crippen LogP contribution in [0.4, 0.5) is 5.69 Å². The number of hydrogen-bond donors (Lipinski definition) is 1. The third-order valence-corrected chi connectivity index (χ3v) is 4.70. The molecular formula is C20H22N2O6. The summed E-state index contributed by atoms with van der Waals surface area (Å²) in [5, 5.41) is 21.2. The van der Waals surface area contributed by atoms with Gasteiger partial charge < -0.3 is 19.5 Å². The number of nitro groups is 1. The van der Waals surface area contributed by atoms with Gasteiger partial charge in [0.15, 0.2) is 11.5 Å². The van der Waals surface area contributed by atoms with Crippen molar-refractivity contribution in [2.24, 2.45) is 0 Å². The summed E-state index contributed by atoms with van der Waals surface area (Å²) in [6.45, 7) is 0.920. The number of carbonyl (C=O) groups excluding carboxylic acids is 1. The number of likely N-dealkylation sites (tertiary alicyclic amines) is 1. The van der Waals surface area contributed by atoms with Gasteiger partial charge in [0.2, 0.25) is 0 Å². The van der Waals surface area contributed by atoms with Crippen molar-refractivity contribution in [1.29, 1.82) is 0 Å². The maximum absolute atomic E-state index is 12.8. The Morgan fingerprint density at radius 3 is 2.50 bits per heavy atom. The maximum atomic E-state index is 12.8. The highest BCUT2D eigenvalue weighted by Crippen LogP contribution is 2.36. The molecule has 0 atom stereocenters. The molecule has 28 heavy (non-hydrogen) atoms. The normalized spacial score (nSPS) is 14.6. The van der Waals surface area contributed by atoms with Gasteiger partial charge in [-0.1, -0.05) is 30.3 Å². The van der Waals surface area contributed by atoms with Crippen molar-refractivity contribution in [3.8, 4) is 11.5 Å². The summed E-state index contributed by atoms with van der Waals surface area (Å²) in [5.74, 6) is -0.00268. The zero-order chi connectivity index (χ0) is 20.1. The molecule has 0 saturated carbocycles. The third-order valence-electron chi connectivity index (χ3n) is 4.70. The first-order valence-corrected chi connectivity index (χ1v) is 9.00. The fraction of sp³-hybridized carbons (Fsp3) is 0.350. The Kier molecular flexibility index (Phi) is 6.10.